The Kier molecular flexibility index (Phi) is 12.1. The van der Waals surface area contributed by atoms with Crippen LogP contribution in [0.2, 0.25) is 0 Å². The van der Waals surface area contributed by atoms with Crippen molar-refractivity contribution in [3.8, 4) is 28.7 Å². The van der Waals surface area contributed by atoms with E-state index in [0.29, 0.717) is 74.3 Å². The second-order valence-corrected chi connectivity index (χ2v) is 12.9. The molecule has 2 unspecified atom stereocenters. The van der Waals surface area contributed by atoms with Gasteiger partial charge in [0, 0.05) is 19.6 Å². The lowest BCUT2D eigenvalue weighted by Gasteiger charge is -2.26. The van der Waals surface area contributed by atoms with E-state index in [1.165, 1.54) is 6.92 Å². The number of sulfone groups is 1. The van der Waals surface area contributed by atoms with E-state index < -0.39 is 27.5 Å². The summed E-state index contributed by atoms with van der Waals surface area (Å²) >= 11 is 0. The summed E-state index contributed by atoms with van der Waals surface area (Å²) in [5.74, 6) is 0.932. The molecule has 0 saturated carbocycles. The number of benzene rings is 2. The first kappa shape index (κ1) is 33.8. The molecule has 2 aliphatic rings. The van der Waals surface area contributed by atoms with Crippen molar-refractivity contribution in [2.24, 2.45) is 0 Å². The third kappa shape index (κ3) is 8.35. The van der Waals surface area contributed by atoms with Crippen LogP contribution < -0.4 is 23.7 Å². The maximum Gasteiger partial charge on any atom is 0.203 e. The van der Waals surface area contributed by atoms with E-state index in [1.807, 2.05) is 25.1 Å². The van der Waals surface area contributed by atoms with Crippen LogP contribution in [0.5, 0.6) is 28.7 Å². The molecule has 44 heavy (non-hydrogen) atoms. The molecule has 0 aliphatic carbocycles. The van der Waals surface area contributed by atoms with Gasteiger partial charge in [0.2, 0.25) is 5.75 Å². The van der Waals surface area contributed by atoms with E-state index in [1.54, 1.807) is 27.4 Å². The number of Topliss-reactive ketones (excluding diaryl/α,β-unsaturated/α-hetero) is 1. The average Bonchev–Trinajstić information content (AvgIpc) is 3.51. The van der Waals surface area contributed by atoms with Gasteiger partial charge in [-0.1, -0.05) is 6.92 Å². The number of ether oxygens (including phenoxy) is 7. The van der Waals surface area contributed by atoms with Crippen LogP contribution in [0.3, 0.4) is 0 Å². The topological polar surface area (TPSA) is 119 Å². The lowest BCUT2D eigenvalue weighted by molar-refractivity contribution is -0.114. The Morgan fingerprint density at radius 3 is 2.05 bits per heavy atom. The van der Waals surface area contributed by atoms with Gasteiger partial charge in [-0.05, 0) is 68.0 Å². The maximum absolute atomic E-state index is 13.5. The molecule has 2 fully saturated rings. The van der Waals surface area contributed by atoms with Crippen molar-refractivity contribution in [3.05, 3.63) is 35.4 Å². The van der Waals surface area contributed by atoms with E-state index in [-0.39, 0.29) is 16.7 Å². The summed E-state index contributed by atoms with van der Waals surface area (Å²) in [5.41, 5.74) is 1.50. The van der Waals surface area contributed by atoms with Crippen LogP contribution in [-0.2, 0) is 24.1 Å². The Bertz CT molecular complexity index is 1350. The number of nitrogens with zero attached hydrogens (tertiary/aromatic N) is 1. The Hall–Kier alpha value is -3.06. The van der Waals surface area contributed by atoms with Crippen LogP contribution >= 0.6 is 0 Å². The minimum Gasteiger partial charge on any atom is -0.493 e. The van der Waals surface area contributed by atoms with Gasteiger partial charge in [-0.15, -0.1) is 0 Å². The number of hydrogen-bond donors (Lipinski definition) is 0. The monoisotopic (exact) mass is 635 g/mol. The molecule has 0 amide bonds. The first-order chi connectivity index (χ1) is 21.2. The second-order valence-electron chi connectivity index (χ2n) is 11.0. The van der Waals surface area contributed by atoms with Gasteiger partial charge in [-0.3, -0.25) is 9.69 Å². The zero-order valence-electron chi connectivity index (χ0n) is 26.4. The fraction of sp³-hybridized carbons (Fsp3) is 0.594. The van der Waals surface area contributed by atoms with Gasteiger partial charge in [0.15, 0.2) is 32.8 Å². The van der Waals surface area contributed by atoms with Crippen molar-refractivity contribution in [3.63, 3.8) is 0 Å². The molecule has 0 aromatic heterocycles. The van der Waals surface area contributed by atoms with Gasteiger partial charge < -0.3 is 33.2 Å². The molecule has 0 radical (unpaired) electrons. The fourth-order valence-corrected chi connectivity index (χ4v) is 6.97. The van der Waals surface area contributed by atoms with Crippen molar-refractivity contribution >= 4 is 15.6 Å². The smallest absolute Gasteiger partial charge is 0.203 e. The van der Waals surface area contributed by atoms with E-state index >= 15 is 0 Å². The Labute approximate surface area is 260 Å². The standard InChI is InChI=1S/C32H45NO10S/c1-6-13-42-32-29(41-14-7-10-33-11-15-40-16-12-33)19-24(20-30(32)44(35,36)21-22(2)34)26-9-8-25(43-26)23-17-27(37-3)31(39-5)28(18-23)38-4/h17-20,25-26H,6-16,21H2,1-5H3. The van der Waals surface area contributed by atoms with Crippen molar-refractivity contribution < 1.29 is 46.4 Å². The lowest BCUT2D eigenvalue weighted by Crippen LogP contribution is -2.37. The predicted molar refractivity (Wildman–Crippen MR) is 164 cm³/mol. The number of carbonyl (C=O) groups is 1. The van der Waals surface area contributed by atoms with E-state index in [0.717, 1.165) is 31.6 Å². The van der Waals surface area contributed by atoms with Gasteiger partial charge in [0.25, 0.3) is 0 Å². The molecule has 2 aromatic carbocycles. The summed E-state index contributed by atoms with van der Waals surface area (Å²) in [6, 6.07) is 7.12. The average molecular weight is 636 g/mol. The van der Waals surface area contributed by atoms with E-state index in [2.05, 4.69) is 4.90 Å². The normalized spacial score (nSPS) is 19.0. The molecule has 0 spiro atoms. The number of carbonyl (C=O) groups excluding carboxylic acids is 1. The van der Waals surface area contributed by atoms with E-state index in [4.69, 9.17) is 33.2 Å². The third-order valence-corrected chi connectivity index (χ3v) is 9.41. The number of methoxy groups -OCH3 is 3. The summed E-state index contributed by atoms with van der Waals surface area (Å²) in [5, 5.41) is 0. The summed E-state index contributed by atoms with van der Waals surface area (Å²) in [4.78, 5) is 14.2. The molecular weight excluding hydrogens is 590 g/mol. The first-order valence-electron chi connectivity index (χ1n) is 15.1. The van der Waals surface area contributed by atoms with Crippen LogP contribution in [0.15, 0.2) is 29.2 Å². The Morgan fingerprint density at radius 1 is 0.864 bits per heavy atom. The van der Waals surface area contributed by atoms with Gasteiger partial charge in [-0.2, -0.15) is 0 Å². The van der Waals surface area contributed by atoms with Gasteiger partial charge in [0.1, 0.15) is 16.4 Å². The highest BCUT2D eigenvalue weighted by Gasteiger charge is 2.33. The molecule has 4 rings (SSSR count). The molecule has 12 heteroatoms. The molecule has 2 aliphatic heterocycles. The van der Waals surface area contributed by atoms with Crippen molar-refractivity contribution in [2.45, 2.75) is 56.6 Å². The van der Waals surface area contributed by atoms with Crippen LogP contribution in [0.4, 0.5) is 0 Å². The summed E-state index contributed by atoms with van der Waals surface area (Å²) < 4.78 is 67.7. The van der Waals surface area contributed by atoms with Gasteiger partial charge >= 0.3 is 0 Å². The van der Waals surface area contributed by atoms with Gasteiger partial charge in [0.05, 0.1) is 60.0 Å². The predicted octanol–water partition coefficient (Wildman–Crippen LogP) is 4.56. The molecule has 2 heterocycles. The molecule has 11 nitrogen and oxygen atoms in total. The molecular formula is C32H45NO10S. The largest absolute Gasteiger partial charge is 0.493 e. The second kappa shape index (κ2) is 15.8. The van der Waals surface area contributed by atoms with Crippen LogP contribution in [-0.4, -0.2) is 92.2 Å². The van der Waals surface area contributed by atoms with Gasteiger partial charge in [-0.25, -0.2) is 8.42 Å². The number of hydrogen-bond acceptors (Lipinski definition) is 11. The summed E-state index contributed by atoms with van der Waals surface area (Å²) in [6.45, 7) is 7.90. The highest BCUT2D eigenvalue weighted by molar-refractivity contribution is 7.92. The third-order valence-electron chi connectivity index (χ3n) is 7.65. The zero-order chi connectivity index (χ0) is 31.7. The Balaban J connectivity index is 1.64. The molecule has 2 aromatic rings. The number of rotatable bonds is 16. The summed E-state index contributed by atoms with van der Waals surface area (Å²) in [6.07, 6.45) is 2.03. The molecule has 0 bridgehead atoms. The maximum atomic E-state index is 13.5. The quantitative estimate of drug-likeness (QED) is 0.242. The Morgan fingerprint density at radius 2 is 1.48 bits per heavy atom. The fourth-order valence-electron chi connectivity index (χ4n) is 5.52. The van der Waals surface area contributed by atoms with E-state index in [9.17, 15) is 13.2 Å². The minimum absolute atomic E-state index is 0.0540. The van der Waals surface area contributed by atoms with Crippen LogP contribution in [0.1, 0.15) is 62.9 Å². The summed E-state index contributed by atoms with van der Waals surface area (Å²) in [7, 11) is 0.663. The van der Waals surface area contributed by atoms with Crippen molar-refractivity contribution in [1.82, 2.24) is 4.90 Å². The van der Waals surface area contributed by atoms with Crippen molar-refractivity contribution in [2.75, 3.05) is 73.1 Å². The lowest BCUT2D eigenvalue weighted by atomic mass is 10.0. The van der Waals surface area contributed by atoms with Crippen LogP contribution in [0.25, 0.3) is 0 Å². The van der Waals surface area contributed by atoms with Crippen molar-refractivity contribution in [1.29, 1.82) is 0 Å². The SMILES string of the molecule is CCCOc1c(OCCCN2CCOCC2)cc(C2CCC(c3cc(OC)c(OC)c(OC)c3)O2)cc1S(=O)(=O)CC(C)=O. The molecule has 2 saturated heterocycles. The molecule has 244 valence electrons. The zero-order valence-corrected chi connectivity index (χ0v) is 27.2. The highest BCUT2D eigenvalue weighted by Crippen LogP contribution is 2.48. The number of morpholine rings is 1. The van der Waals surface area contributed by atoms with Crippen LogP contribution in [0, 0.1) is 0 Å². The first-order valence-corrected chi connectivity index (χ1v) is 16.8. The molecule has 0 N–H and O–H groups in total. The number of ketones is 1. The minimum atomic E-state index is -4.01. The highest BCUT2D eigenvalue weighted by atomic mass is 32.2. The molecule has 2 atom stereocenters.